The quantitative estimate of drug-likeness (QED) is 0.747. The third-order valence-electron chi connectivity index (χ3n) is 2.98. The number of carbonyl (C=O) groups is 2. The van der Waals surface area contributed by atoms with Crippen LogP contribution in [0.3, 0.4) is 0 Å². The maximum Gasteiger partial charge on any atom is 0.226 e. The van der Waals surface area contributed by atoms with Crippen molar-refractivity contribution >= 4 is 17.5 Å². The largest absolute Gasteiger partial charge is 0.394 e. The Hall–Kier alpha value is -1.88. The van der Waals surface area contributed by atoms with Gasteiger partial charge in [-0.15, -0.1) is 0 Å². The zero-order valence-corrected chi connectivity index (χ0v) is 13.1. The number of aliphatic hydroxyl groups is 1. The van der Waals surface area contributed by atoms with E-state index in [1.165, 1.54) is 0 Å². The molecule has 0 saturated heterocycles. The maximum atomic E-state index is 11.8. The minimum absolute atomic E-state index is 0.0369. The van der Waals surface area contributed by atoms with E-state index in [4.69, 9.17) is 5.11 Å². The van der Waals surface area contributed by atoms with Gasteiger partial charge < -0.3 is 15.7 Å². The monoisotopic (exact) mass is 292 g/mol. The van der Waals surface area contributed by atoms with Gasteiger partial charge >= 0.3 is 0 Å². The Kier molecular flexibility index (Phi) is 5.90. The third-order valence-corrected chi connectivity index (χ3v) is 2.98. The summed E-state index contributed by atoms with van der Waals surface area (Å²) in [6, 6.07) is 7.17. The molecule has 0 fully saturated rings. The van der Waals surface area contributed by atoms with Crippen molar-refractivity contribution in [3.8, 4) is 0 Å². The van der Waals surface area contributed by atoms with Gasteiger partial charge in [0.05, 0.1) is 18.6 Å². The molecule has 0 unspecified atom stereocenters. The first-order valence-electron chi connectivity index (χ1n) is 7.05. The van der Waals surface area contributed by atoms with Gasteiger partial charge in [-0.05, 0) is 31.5 Å². The lowest BCUT2D eigenvalue weighted by Gasteiger charge is -2.23. The molecule has 0 bridgehead atoms. The van der Waals surface area contributed by atoms with Gasteiger partial charge in [0.1, 0.15) is 0 Å². The van der Waals surface area contributed by atoms with E-state index in [9.17, 15) is 9.59 Å². The molecular weight excluding hydrogens is 268 g/mol. The molecule has 5 nitrogen and oxygen atoms in total. The van der Waals surface area contributed by atoms with Crippen molar-refractivity contribution in [3.63, 3.8) is 0 Å². The van der Waals surface area contributed by atoms with Gasteiger partial charge in [-0.3, -0.25) is 9.59 Å². The van der Waals surface area contributed by atoms with Gasteiger partial charge in [-0.25, -0.2) is 0 Å². The summed E-state index contributed by atoms with van der Waals surface area (Å²) < 4.78 is 0. The molecule has 0 aliphatic rings. The highest BCUT2D eigenvalue weighted by Crippen LogP contribution is 2.12. The molecule has 0 aliphatic heterocycles. The van der Waals surface area contributed by atoms with E-state index in [2.05, 4.69) is 10.6 Å². The van der Waals surface area contributed by atoms with Gasteiger partial charge in [0.25, 0.3) is 0 Å². The Labute approximate surface area is 125 Å². The fourth-order valence-corrected chi connectivity index (χ4v) is 1.64. The van der Waals surface area contributed by atoms with Crippen LogP contribution in [-0.2, 0) is 16.0 Å². The molecule has 0 atom stereocenters. The molecule has 116 valence electrons. The van der Waals surface area contributed by atoms with Gasteiger partial charge in [0.15, 0.2) is 0 Å². The van der Waals surface area contributed by atoms with Crippen molar-refractivity contribution in [3.05, 3.63) is 29.8 Å². The Balaban J connectivity index is 2.59. The van der Waals surface area contributed by atoms with E-state index >= 15 is 0 Å². The molecule has 1 aromatic carbocycles. The summed E-state index contributed by atoms with van der Waals surface area (Å²) in [5, 5.41) is 14.7. The van der Waals surface area contributed by atoms with E-state index in [0.717, 1.165) is 5.56 Å². The van der Waals surface area contributed by atoms with Gasteiger partial charge in [-0.1, -0.05) is 26.0 Å². The standard InChI is InChI=1S/C16H24N2O3/c1-11(2)15(21)17-13-7-5-12(6-8-13)9-14(20)18-16(3,4)10-19/h5-8,11,19H,9-10H2,1-4H3,(H,17,21)(H,18,20). The summed E-state index contributed by atoms with van der Waals surface area (Å²) in [6.07, 6.45) is 0.238. The van der Waals surface area contributed by atoms with Crippen LogP contribution in [-0.4, -0.2) is 29.1 Å². The van der Waals surface area contributed by atoms with Crippen molar-refractivity contribution in [2.45, 2.75) is 39.7 Å². The summed E-state index contributed by atoms with van der Waals surface area (Å²) in [4.78, 5) is 23.4. The van der Waals surface area contributed by atoms with Crippen LogP contribution in [0, 0.1) is 5.92 Å². The number of rotatable bonds is 6. The van der Waals surface area contributed by atoms with E-state index < -0.39 is 5.54 Å². The van der Waals surface area contributed by atoms with Gasteiger partial charge in [0.2, 0.25) is 11.8 Å². The van der Waals surface area contributed by atoms with Crippen LogP contribution in [0.15, 0.2) is 24.3 Å². The highest BCUT2D eigenvalue weighted by molar-refractivity contribution is 5.92. The smallest absolute Gasteiger partial charge is 0.226 e. The van der Waals surface area contributed by atoms with Crippen LogP contribution in [0.1, 0.15) is 33.3 Å². The van der Waals surface area contributed by atoms with Crippen LogP contribution in [0.25, 0.3) is 0 Å². The highest BCUT2D eigenvalue weighted by atomic mass is 16.3. The van der Waals surface area contributed by atoms with Crippen LogP contribution in [0.2, 0.25) is 0 Å². The zero-order valence-electron chi connectivity index (χ0n) is 13.1. The Bertz CT molecular complexity index is 493. The topological polar surface area (TPSA) is 78.4 Å². The third kappa shape index (κ3) is 5.95. The summed E-state index contributed by atoms with van der Waals surface area (Å²) in [6.45, 7) is 7.07. The molecule has 3 N–H and O–H groups in total. The van der Waals surface area contributed by atoms with E-state index in [-0.39, 0.29) is 30.8 Å². The maximum absolute atomic E-state index is 11.8. The molecular formula is C16H24N2O3. The number of nitrogens with one attached hydrogen (secondary N) is 2. The number of hydrogen-bond donors (Lipinski definition) is 3. The molecule has 21 heavy (non-hydrogen) atoms. The number of carbonyl (C=O) groups excluding carboxylic acids is 2. The van der Waals surface area contributed by atoms with Gasteiger partial charge in [-0.2, -0.15) is 0 Å². The van der Waals surface area contributed by atoms with Crippen molar-refractivity contribution in [2.24, 2.45) is 5.92 Å². The minimum atomic E-state index is -0.623. The SMILES string of the molecule is CC(C)C(=O)Nc1ccc(CC(=O)NC(C)(C)CO)cc1. The molecule has 0 aromatic heterocycles. The van der Waals surface area contributed by atoms with Gasteiger partial charge in [0, 0.05) is 11.6 Å². The normalized spacial score (nSPS) is 11.3. The molecule has 5 heteroatoms. The van der Waals surface area contributed by atoms with Crippen LogP contribution < -0.4 is 10.6 Å². The minimum Gasteiger partial charge on any atom is -0.394 e. The fraction of sp³-hybridized carbons (Fsp3) is 0.500. The summed E-state index contributed by atoms with van der Waals surface area (Å²) in [5.41, 5.74) is 0.944. The summed E-state index contributed by atoms with van der Waals surface area (Å²) in [7, 11) is 0. The zero-order chi connectivity index (χ0) is 16.0. The number of hydrogen-bond acceptors (Lipinski definition) is 3. The Morgan fingerprint density at radius 2 is 1.76 bits per heavy atom. The van der Waals surface area contributed by atoms with Crippen molar-refractivity contribution < 1.29 is 14.7 Å². The van der Waals surface area contributed by atoms with Crippen molar-refractivity contribution in [1.29, 1.82) is 0 Å². The predicted molar refractivity (Wildman–Crippen MR) is 82.9 cm³/mol. The number of anilines is 1. The molecule has 1 aromatic rings. The van der Waals surface area contributed by atoms with E-state index in [0.29, 0.717) is 5.69 Å². The van der Waals surface area contributed by atoms with Crippen LogP contribution in [0.5, 0.6) is 0 Å². The molecule has 0 heterocycles. The second-order valence-electron chi connectivity index (χ2n) is 6.11. The lowest BCUT2D eigenvalue weighted by molar-refractivity contribution is -0.122. The highest BCUT2D eigenvalue weighted by Gasteiger charge is 2.18. The molecule has 0 saturated carbocycles. The summed E-state index contributed by atoms with van der Waals surface area (Å²) in [5.74, 6) is -0.255. The number of aliphatic hydroxyl groups excluding tert-OH is 1. The predicted octanol–water partition coefficient (Wildman–Crippen LogP) is 1.71. The van der Waals surface area contributed by atoms with Crippen LogP contribution >= 0.6 is 0 Å². The second kappa shape index (κ2) is 7.22. The first-order chi connectivity index (χ1) is 9.73. The average molecular weight is 292 g/mol. The fourth-order valence-electron chi connectivity index (χ4n) is 1.64. The number of amides is 2. The number of benzene rings is 1. The lowest BCUT2D eigenvalue weighted by atomic mass is 10.1. The van der Waals surface area contributed by atoms with E-state index in [1.54, 1.807) is 26.0 Å². The first-order valence-corrected chi connectivity index (χ1v) is 7.05. The van der Waals surface area contributed by atoms with Crippen LogP contribution in [0.4, 0.5) is 5.69 Å². The lowest BCUT2D eigenvalue weighted by Crippen LogP contribution is -2.46. The Morgan fingerprint density at radius 1 is 1.19 bits per heavy atom. The summed E-state index contributed by atoms with van der Waals surface area (Å²) >= 11 is 0. The first kappa shape index (κ1) is 17.2. The molecule has 0 aliphatic carbocycles. The van der Waals surface area contributed by atoms with E-state index in [1.807, 2.05) is 26.0 Å². The molecule has 0 spiro atoms. The molecule has 2 amide bonds. The molecule has 1 rings (SSSR count). The van der Waals surface area contributed by atoms with Crippen molar-refractivity contribution in [2.75, 3.05) is 11.9 Å². The van der Waals surface area contributed by atoms with Crippen molar-refractivity contribution in [1.82, 2.24) is 5.32 Å². The average Bonchev–Trinajstić information content (AvgIpc) is 2.40. The molecule has 0 radical (unpaired) electrons. The second-order valence-corrected chi connectivity index (χ2v) is 6.11. The Morgan fingerprint density at radius 3 is 2.24 bits per heavy atom.